The summed E-state index contributed by atoms with van der Waals surface area (Å²) in [5.41, 5.74) is -0.597. The van der Waals surface area contributed by atoms with Crippen molar-refractivity contribution in [3.05, 3.63) is 34.4 Å². The van der Waals surface area contributed by atoms with Gasteiger partial charge in [0.05, 0.1) is 11.5 Å². The molecule has 1 aliphatic heterocycles. The van der Waals surface area contributed by atoms with Gasteiger partial charge in [0.1, 0.15) is 0 Å². The number of para-hydroxylation sites is 1. The van der Waals surface area contributed by atoms with Crippen LogP contribution in [0.3, 0.4) is 0 Å². The lowest BCUT2D eigenvalue weighted by Gasteiger charge is -2.29. The first-order valence-electron chi connectivity index (χ1n) is 6.06. The summed E-state index contributed by atoms with van der Waals surface area (Å²) in [5, 5.41) is 13.3. The molecule has 1 heterocycles. The van der Waals surface area contributed by atoms with E-state index in [1.54, 1.807) is 0 Å². The maximum Gasteiger partial charge on any atom is 0.289 e. The first-order chi connectivity index (χ1) is 9.71. The number of sulfonamides is 1. The molecule has 0 spiro atoms. The van der Waals surface area contributed by atoms with Gasteiger partial charge in [0.25, 0.3) is 11.6 Å². The Bertz CT molecular complexity index is 651. The number of hydrogen-bond acceptors (Lipinski definition) is 5. The van der Waals surface area contributed by atoms with E-state index in [1.165, 1.54) is 12.1 Å². The normalized spacial score (nSPS) is 21.9. The van der Waals surface area contributed by atoms with Crippen LogP contribution in [0.5, 0.6) is 0 Å². The van der Waals surface area contributed by atoms with Crippen LogP contribution in [0.1, 0.15) is 6.42 Å². The monoisotopic (exact) mass is 321 g/mol. The third kappa shape index (κ3) is 3.71. The Hall–Kier alpha value is -1.65. The molecular formula is C11H13F2N3O4S. The van der Waals surface area contributed by atoms with Gasteiger partial charge in [-0.1, -0.05) is 12.1 Å². The standard InChI is InChI=1S/C11H13F2N3O4S/c12-11(13)5-8(6-14-7-11)15-21(19,20)10-4-2-1-3-9(10)16(17)18/h1-4,8,14-15H,5-7H2. The second kappa shape index (κ2) is 5.62. The molecule has 0 bridgehead atoms. The summed E-state index contributed by atoms with van der Waals surface area (Å²) in [5.74, 6) is -3.02. The summed E-state index contributed by atoms with van der Waals surface area (Å²) in [7, 11) is -4.25. The number of nitrogens with zero attached hydrogens (tertiary/aromatic N) is 1. The fourth-order valence-electron chi connectivity index (χ4n) is 2.14. The van der Waals surface area contributed by atoms with Crippen molar-refractivity contribution in [2.45, 2.75) is 23.3 Å². The van der Waals surface area contributed by atoms with Crippen LogP contribution in [0.25, 0.3) is 0 Å². The van der Waals surface area contributed by atoms with E-state index in [1.807, 2.05) is 0 Å². The highest BCUT2D eigenvalue weighted by atomic mass is 32.2. The molecule has 1 aromatic rings. The topological polar surface area (TPSA) is 101 Å². The van der Waals surface area contributed by atoms with E-state index in [0.29, 0.717) is 0 Å². The molecule has 0 saturated carbocycles. The van der Waals surface area contributed by atoms with E-state index in [2.05, 4.69) is 10.0 Å². The molecule has 0 aliphatic carbocycles. The highest BCUT2D eigenvalue weighted by Crippen LogP contribution is 2.26. The molecule has 1 saturated heterocycles. The minimum atomic E-state index is -4.25. The van der Waals surface area contributed by atoms with E-state index >= 15 is 0 Å². The molecule has 116 valence electrons. The summed E-state index contributed by atoms with van der Waals surface area (Å²) in [4.78, 5) is 9.48. The molecule has 0 radical (unpaired) electrons. The Morgan fingerprint density at radius 3 is 2.67 bits per heavy atom. The van der Waals surface area contributed by atoms with Crippen LogP contribution in [0.4, 0.5) is 14.5 Å². The van der Waals surface area contributed by atoms with Crippen molar-refractivity contribution in [3.63, 3.8) is 0 Å². The van der Waals surface area contributed by atoms with Crippen molar-refractivity contribution in [2.24, 2.45) is 0 Å². The molecule has 7 nitrogen and oxygen atoms in total. The van der Waals surface area contributed by atoms with Crippen molar-refractivity contribution >= 4 is 15.7 Å². The number of piperidine rings is 1. The lowest BCUT2D eigenvalue weighted by Crippen LogP contribution is -2.53. The summed E-state index contributed by atoms with van der Waals surface area (Å²) < 4.78 is 52.9. The molecule has 21 heavy (non-hydrogen) atoms. The Morgan fingerprint density at radius 2 is 2.05 bits per heavy atom. The van der Waals surface area contributed by atoms with Gasteiger partial charge in [-0.3, -0.25) is 10.1 Å². The number of nitro benzene ring substituents is 1. The number of halogens is 2. The predicted molar refractivity (Wildman–Crippen MR) is 69.6 cm³/mol. The third-order valence-corrected chi connectivity index (χ3v) is 4.56. The number of hydrogen-bond donors (Lipinski definition) is 2. The molecule has 0 amide bonds. The highest BCUT2D eigenvalue weighted by molar-refractivity contribution is 7.89. The van der Waals surface area contributed by atoms with Gasteiger partial charge < -0.3 is 5.32 Å². The van der Waals surface area contributed by atoms with Crippen molar-refractivity contribution in [3.8, 4) is 0 Å². The smallest absolute Gasteiger partial charge is 0.289 e. The van der Waals surface area contributed by atoms with Gasteiger partial charge in [-0.25, -0.2) is 21.9 Å². The molecular weight excluding hydrogens is 308 g/mol. The van der Waals surface area contributed by atoms with E-state index in [9.17, 15) is 27.3 Å². The van der Waals surface area contributed by atoms with Gasteiger partial charge in [0.2, 0.25) is 10.0 Å². The zero-order valence-corrected chi connectivity index (χ0v) is 11.6. The molecule has 10 heteroatoms. The van der Waals surface area contributed by atoms with E-state index in [-0.39, 0.29) is 6.54 Å². The first kappa shape index (κ1) is 15.7. The maximum absolute atomic E-state index is 13.2. The predicted octanol–water partition coefficient (Wildman–Crippen LogP) is 0.870. The molecule has 1 unspecified atom stereocenters. The number of nitrogens with one attached hydrogen (secondary N) is 2. The first-order valence-corrected chi connectivity index (χ1v) is 7.54. The molecule has 0 aromatic heterocycles. The summed E-state index contributed by atoms with van der Waals surface area (Å²) in [6.45, 7) is -0.480. The molecule has 2 rings (SSSR count). The fourth-order valence-corrected chi connectivity index (χ4v) is 3.54. The zero-order valence-electron chi connectivity index (χ0n) is 10.8. The van der Waals surface area contributed by atoms with E-state index in [0.717, 1.165) is 12.1 Å². The third-order valence-electron chi connectivity index (χ3n) is 2.99. The van der Waals surface area contributed by atoms with E-state index < -0.39 is 50.5 Å². The molecule has 2 N–H and O–H groups in total. The van der Waals surface area contributed by atoms with Gasteiger partial charge in [0.15, 0.2) is 4.90 Å². The van der Waals surface area contributed by atoms with Crippen LogP contribution in [0, 0.1) is 10.1 Å². The van der Waals surface area contributed by atoms with Crippen LogP contribution < -0.4 is 10.0 Å². The quantitative estimate of drug-likeness (QED) is 0.633. The van der Waals surface area contributed by atoms with Gasteiger partial charge >= 0.3 is 0 Å². The molecule has 1 aromatic carbocycles. The second-order valence-electron chi connectivity index (χ2n) is 4.73. The number of rotatable bonds is 4. The van der Waals surface area contributed by atoms with Crippen LogP contribution in [0.15, 0.2) is 29.2 Å². The number of nitro groups is 1. The fraction of sp³-hybridized carbons (Fsp3) is 0.455. The lowest BCUT2D eigenvalue weighted by atomic mass is 10.1. The van der Waals surface area contributed by atoms with Crippen LogP contribution in [0.2, 0.25) is 0 Å². The van der Waals surface area contributed by atoms with Crippen molar-refractivity contribution in [1.82, 2.24) is 10.0 Å². The molecule has 1 atom stereocenters. The molecule has 1 aliphatic rings. The minimum Gasteiger partial charge on any atom is -0.310 e. The summed E-state index contributed by atoms with van der Waals surface area (Å²) in [6.07, 6.45) is -0.653. The number of alkyl halides is 2. The van der Waals surface area contributed by atoms with Crippen molar-refractivity contribution < 1.29 is 22.1 Å². The van der Waals surface area contributed by atoms with Gasteiger partial charge in [-0.05, 0) is 6.07 Å². The van der Waals surface area contributed by atoms with Gasteiger partial charge in [-0.2, -0.15) is 0 Å². The zero-order chi connectivity index (χ0) is 15.7. The minimum absolute atomic E-state index is 0.0372. The second-order valence-corrected chi connectivity index (χ2v) is 6.42. The largest absolute Gasteiger partial charge is 0.310 e. The summed E-state index contributed by atoms with van der Waals surface area (Å²) >= 11 is 0. The Morgan fingerprint density at radius 1 is 1.38 bits per heavy atom. The van der Waals surface area contributed by atoms with Gasteiger partial charge in [0, 0.05) is 25.1 Å². The lowest BCUT2D eigenvalue weighted by molar-refractivity contribution is -0.387. The average molecular weight is 321 g/mol. The van der Waals surface area contributed by atoms with E-state index in [4.69, 9.17) is 0 Å². The SMILES string of the molecule is O=[N+]([O-])c1ccccc1S(=O)(=O)NC1CNCC(F)(F)C1. The van der Waals surface area contributed by atoms with Crippen LogP contribution >= 0.6 is 0 Å². The Kier molecular flexibility index (Phi) is 4.21. The Labute approximate surface area is 119 Å². The van der Waals surface area contributed by atoms with Crippen LogP contribution in [-0.2, 0) is 10.0 Å². The Balaban J connectivity index is 2.25. The molecule has 1 fully saturated rings. The van der Waals surface area contributed by atoms with Crippen molar-refractivity contribution in [2.75, 3.05) is 13.1 Å². The van der Waals surface area contributed by atoms with Crippen molar-refractivity contribution in [1.29, 1.82) is 0 Å². The van der Waals surface area contributed by atoms with Gasteiger partial charge in [-0.15, -0.1) is 0 Å². The highest BCUT2D eigenvalue weighted by Gasteiger charge is 2.38. The summed E-state index contributed by atoms with van der Waals surface area (Å²) in [6, 6.07) is 3.73. The number of benzene rings is 1. The van der Waals surface area contributed by atoms with Crippen LogP contribution in [-0.4, -0.2) is 38.4 Å². The average Bonchev–Trinajstić information content (AvgIpc) is 2.37. The maximum atomic E-state index is 13.2.